The molecule has 0 bridgehead atoms. The number of nitrogens with zero attached hydrogens (tertiary/aromatic N) is 3. The van der Waals surface area contributed by atoms with E-state index in [9.17, 15) is 4.79 Å². The number of carbonyl (C=O) groups is 1. The van der Waals surface area contributed by atoms with Crippen molar-refractivity contribution in [2.45, 2.75) is 33.3 Å². The summed E-state index contributed by atoms with van der Waals surface area (Å²) in [5, 5.41) is 0. The van der Waals surface area contributed by atoms with Gasteiger partial charge in [-0.3, -0.25) is 4.79 Å². The van der Waals surface area contributed by atoms with Crippen molar-refractivity contribution in [1.29, 1.82) is 0 Å². The van der Waals surface area contributed by atoms with Crippen LogP contribution in [-0.4, -0.2) is 46.6 Å². The molecule has 1 aliphatic heterocycles. The number of ether oxygens (including phenoxy) is 2. The second kappa shape index (κ2) is 7.51. The zero-order valence-corrected chi connectivity index (χ0v) is 14.9. The van der Waals surface area contributed by atoms with Crippen LogP contribution in [0.5, 0.6) is 11.8 Å². The molecular weight excluding hydrogens is 318 g/mol. The summed E-state index contributed by atoms with van der Waals surface area (Å²) in [6, 6.07) is 9.96. The van der Waals surface area contributed by atoms with Crippen LogP contribution in [0.2, 0.25) is 0 Å². The zero-order chi connectivity index (χ0) is 17.8. The molecule has 0 N–H and O–H groups in total. The van der Waals surface area contributed by atoms with Gasteiger partial charge in [0.1, 0.15) is 11.9 Å². The smallest absolute Gasteiger partial charge is 0.317 e. The first-order chi connectivity index (χ1) is 12.0. The van der Waals surface area contributed by atoms with Crippen LogP contribution in [0.4, 0.5) is 0 Å². The lowest BCUT2D eigenvalue weighted by atomic mass is 10.2. The Labute approximate surface area is 147 Å². The van der Waals surface area contributed by atoms with Crippen LogP contribution in [0.3, 0.4) is 0 Å². The van der Waals surface area contributed by atoms with E-state index in [2.05, 4.69) is 9.97 Å². The summed E-state index contributed by atoms with van der Waals surface area (Å²) < 4.78 is 11.5. The molecule has 1 fully saturated rings. The molecule has 0 spiro atoms. The van der Waals surface area contributed by atoms with Gasteiger partial charge in [-0.1, -0.05) is 18.2 Å². The van der Waals surface area contributed by atoms with Gasteiger partial charge in [-0.25, -0.2) is 9.97 Å². The van der Waals surface area contributed by atoms with Crippen molar-refractivity contribution in [2.24, 2.45) is 0 Å². The maximum atomic E-state index is 12.4. The average molecular weight is 341 g/mol. The Morgan fingerprint density at radius 3 is 2.64 bits per heavy atom. The lowest BCUT2D eigenvalue weighted by molar-refractivity contribution is -0.132. The molecule has 2 heterocycles. The lowest BCUT2D eigenvalue weighted by Gasteiger charge is -2.17. The number of aromatic nitrogens is 2. The molecule has 1 amide bonds. The van der Waals surface area contributed by atoms with Crippen molar-refractivity contribution >= 4 is 5.91 Å². The molecule has 1 atom stereocenters. The predicted molar refractivity (Wildman–Crippen MR) is 93.8 cm³/mol. The van der Waals surface area contributed by atoms with Gasteiger partial charge in [0.15, 0.2) is 6.61 Å². The third-order valence-corrected chi connectivity index (χ3v) is 4.18. The third kappa shape index (κ3) is 4.47. The number of rotatable bonds is 5. The summed E-state index contributed by atoms with van der Waals surface area (Å²) in [5.74, 6) is 0.710. The van der Waals surface area contributed by atoms with Crippen molar-refractivity contribution in [2.75, 3.05) is 19.7 Å². The Kier molecular flexibility index (Phi) is 5.16. The first-order valence-corrected chi connectivity index (χ1v) is 8.46. The van der Waals surface area contributed by atoms with Crippen molar-refractivity contribution in [3.05, 3.63) is 47.3 Å². The highest BCUT2D eigenvalue weighted by Crippen LogP contribution is 2.18. The molecule has 3 rings (SSSR count). The topological polar surface area (TPSA) is 64.5 Å². The number of aryl methyl sites for hydroxylation is 3. The van der Waals surface area contributed by atoms with Crippen LogP contribution in [0.25, 0.3) is 0 Å². The van der Waals surface area contributed by atoms with Gasteiger partial charge in [0, 0.05) is 24.4 Å². The molecule has 1 aromatic heterocycles. The first kappa shape index (κ1) is 17.2. The zero-order valence-electron chi connectivity index (χ0n) is 14.9. The van der Waals surface area contributed by atoms with Crippen LogP contribution in [0, 0.1) is 20.8 Å². The summed E-state index contributed by atoms with van der Waals surface area (Å²) in [5.41, 5.74) is 2.77. The summed E-state index contributed by atoms with van der Waals surface area (Å²) in [6.45, 7) is 7.02. The van der Waals surface area contributed by atoms with E-state index in [1.807, 2.05) is 51.1 Å². The summed E-state index contributed by atoms with van der Waals surface area (Å²) in [6.07, 6.45) is 0.690. The Morgan fingerprint density at radius 2 is 1.92 bits per heavy atom. The minimum atomic E-state index is -0.0800. The van der Waals surface area contributed by atoms with Gasteiger partial charge in [0.25, 0.3) is 5.91 Å². The van der Waals surface area contributed by atoms with Gasteiger partial charge in [0.05, 0.1) is 6.54 Å². The Morgan fingerprint density at radius 1 is 1.20 bits per heavy atom. The molecule has 1 saturated heterocycles. The molecule has 132 valence electrons. The normalized spacial score (nSPS) is 16.8. The van der Waals surface area contributed by atoms with Gasteiger partial charge in [-0.05, 0) is 38.5 Å². The molecule has 2 aromatic rings. The maximum Gasteiger partial charge on any atom is 0.317 e. The number of likely N-dealkylation sites (tertiary alicyclic amines) is 1. The lowest BCUT2D eigenvalue weighted by Crippen LogP contribution is -2.34. The number of benzene rings is 1. The van der Waals surface area contributed by atoms with Crippen LogP contribution < -0.4 is 9.47 Å². The van der Waals surface area contributed by atoms with E-state index < -0.39 is 0 Å². The molecule has 1 unspecified atom stereocenters. The molecule has 0 radical (unpaired) electrons. The molecular formula is C19H23N3O3. The standard InChI is InChI=1S/C19H23N3O3/c1-13-6-4-5-7-17(13)24-12-18(23)22-9-8-16(11-22)25-19-20-14(2)10-15(3)21-19/h4-7,10,16H,8-9,11-12H2,1-3H3. The summed E-state index contributed by atoms with van der Waals surface area (Å²) >= 11 is 0. The second-order valence-electron chi connectivity index (χ2n) is 6.36. The van der Waals surface area contributed by atoms with Gasteiger partial charge < -0.3 is 14.4 Å². The van der Waals surface area contributed by atoms with Crippen molar-refractivity contribution in [3.8, 4) is 11.8 Å². The first-order valence-electron chi connectivity index (χ1n) is 8.46. The Bertz CT molecular complexity index is 743. The third-order valence-electron chi connectivity index (χ3n) is 4.18. The fourth-order valence-corrected chi connectivity index (χ4v) is 2.90. The highest BCUT2D eigenvalue weighted by molar-refractivity contribution is 5.78. The number of para-hydroxylation sites is 1. The number of amides is 1. The molecule has 0 aliphatic carbocycles. The van der Waals surface area contributed by atoms with E-state index in [1.54, 1.807) is 4.90 Å². The van der Waals surface area contributed by atoms with E-state index in [4.69, 9.17) is 9.47 Å². The fourth-order valence-electron chi connectivity index (χ4n) is 2.90. The van der Waals surface area contributed by atoms with Crippen molar-refractivity contribution in [3.63, 3.8) is 0 Å². The number of hydrogen-bond donors (Lipinski definition) is 0. The van der Waals surface area contributed by atoms with Crippen LogP contribution >= 0.6 is 0 Å². The largest absolute Gasteiger partial charge is 0.484 e. The molecule has 0 saturated carbocycles. The van der Waals surface area contributed by atoms with E-state index in [1.165, 1.54) is 0 Å². The number of hydrogen-bond acceptors (Lipinski definition) is 5. The van der Waals surface area contributed by atoms with Crippen LogP contribution in [0.15, 0.2) is 30.3 Å². The Balaban J connectivity index is 1.52. The van der Waals surface area contributed by atoms with E-state index in [-0.39, 0.29) is 18.6 Å². The molecule has 25 heavy (non-hydrogen) atoms. The van der Waals surface area contributed by atoms with Gasteiger partial charge in [-0.2, -0.15) is 0 Å². The molecule has 1 aliphatic rings. The summed E-state index contributed by atoms with van der Waals surface area (Å²) in [4.78, 5) is 22.7. The second-order valence-corrected chi connectivity index (χ2v) is 6.36. The fraction of sp³-hybridized carbons (Fsp3) is 0.421. The average Bonchev–Trinajstić information content (AvgIpc) is 3.01. The minimum absolute atomic E-state index is 0.0318. The summed E-state index contributed by atoms with van der Waals surface area (Å²) in [7, 11) is 0. The van der Waals surface area contributed by atoms with E-state index in [0.717, 1.165) is 29.1 Å². The van der Waals surface area contributed by atoms with Crippen LogP contribution in [0.1, 0.15) is 23.4 Å². The monoisotopic (exact) mass is 341 g/mol. The van der Waals surface area contributed by atoms with Crippen molar-refractivity contribution < 1.29 is 14.3 Å². The molecule has 1 aromatic carbocycles. The minimum Gasteiger partial charge on any atom is -0.484 e. The highest BCUT2D eigenvalue weighted by Gasteiger charge is 2.28. The Hall–Kier alpha value is -2.63. The van der Waals surface area contributed by atoms with E-state index >= 15 is 0 Å². The maximum absolute atomic E-state index is 12.4. The molecule has 6 heteroatoms. The van der Waals surface area contributed by atoms with Gasteiger partial charge >= 0.3 is 6.01 Å². The molecule has 6 nitrogen and oxygen atoms in total. The van der Waals surface area contributed by atoms with Crippen molar-refractivity contribution in [1.82, 2.24) is 14.9 Å². The van der Waals surface area contributed by atoms with Crippen LogP contribution in [-0.2, 0) is 4.79 Å². The predicted octanol–water partition coefficient (Wildman–Crippen LogP) is 2.46. The van der Waals surface area contributed by atoms with E-state index in [0.29, 0.717) is 19.1 Å². The number of carbonyl (C=O) groups excluding carboxylic acids is 1. The van der Waals surface area contributed by atoms with Gasteiger partial charge in [-0.15, -0.1) is 0 Å². The highest BCUT2D eigenvalue weighted by atomic mass is 16.5. The van der Waals surface area contributed by atoms with Gasteiger partial charge in [0.2, 0.25) is 0 Å². The SMILES string of the molecule is Cc1cc(C)nc(OC2CCN(C(=O)COc3ccccc3C)C2)n1. The quantitative estimate of drug-likeness (QED) is 0.836.